The molecule has 0 saturated heterocycles. The fourth-order valence-electron chi connectivity index (χ4n) is 2.67. The van der Waals surface area contributed by atoms with Crippen LogP contribution in [-0.4, -0.2) is 21.6 Å². The minimum atomic E-state index is -0.563. The van der Waals surface area contributed by atoms with Gasteiger partial charge in [0.25, 0.3) is 0 Å². The zero-order valence-corrected chi connectivity index (χ0v) is 14.5. The van der Waals surface area contributed by atoms with E-state index in [-0.39, 0.29) is 6.10 Å². The van der Waals surface area contributed by atoms with Crippen molar-refractivity contribution in [2.45, 2.75) is 75.9 Å². The van der Waals surface area contributed by atoms with Crippen molar-refractivity contribution >= 4 is 11.8 Å². The molecular formula is C18H30O2S. The van der Waals surface area contributed by atoms with Crippen LogP contribution in [0.25, 0.3) is 0 Å². The van der Waals surface area contributed by atoms with E-state index < -0.39 is 5.60 Å². The number of benzene rings is 1. The van der Waals surface area contributed by atoms with Gasteiger partial charge in [-0.3, -0.25) is 0 Å². The summed E-state index contributed by atoms with van der Waals surface area (Å²) in [6.07, 6.45) is 5.12. The molecule has 0 bridgehead atoms. The van der Waals surface area contributed by atoms with Crippen LogP contribution in [-0.2, 0) is 0 Å². The summed E-state index contributed by atoms with van der Waals surface area (Å²) in [5.41, 5.74) is 0.419. The highest BCUT2D eigenvalue weighted by Gasteiger charge is 2.24. The zero-order valence-electron chi connectivity index (χ0n) is 13.6. The Morgan fingerprint density at radius 1 is 1.10 bits per heavy atom. The van der Waals surface area contributed by atoms with Crippen LogP contribution in [0.2, 0.25) is 0 Å². The topological polar surface area (TPSA) is 40.5 Å². The van der Waals surface area contributed by atoms with Gasteiger partial charge in [0, 0.05) is 10.6 Å². The van der Waals surface area contributed by atoms with Gasteiger partial charge >= 0.3 is 0 Å². The zero-order chi connectivity index (χ0) is 15.7. The van der Waals surface area contributed by atoms with Crippen LogP contribution in [0.1, 0.15) is 71.0 Å². The quantitative estimate of drug-likeness (QED) is 0.601. The number of thioether (sulfide) groups is 1. The SMILES string of the molecule is CCCC(O)c1cccc(SCC(O)(CCC)CCC)c1. The van der Waals surface area contributed by atoms with E-state index in [1.54, 1.807) is 11.8 Å². The van der Waals surface area contributed by atoms with Gasteiger partial charge in [-0.2, -0.15) is 0 Å². The molecule has 1 aromatic carbocycles. The summed E-state index contributed by atoms with van der Waals surface area (Å²) in [7, 11) is 0. The molecule has 0 aliphatic heterocycles. The molecule has 0 aliphatic rings. The molecule has 120 valence electrons. The van der Waals surface area contributed by atoms with E-state index in [2.05, 4.69) is 32.9 Å². The lowest BCUT2D eigenvalue weighted by molar-refractivity contribution is 0.0455. The molecule has 1 unspecified atom stereocenters. The predicted octanol–water partition coefficient (Wildman–Crippen LogP) is 4.94. The molecule has 3 heteroatoms. The first-order chi connectivity index (χ1) is 10.0. The van der Waals surface area contributed by atoms with Crippen LogP contribution < -0.4 is 0 Å². The minimum Gasteiger partial charge on any atom is -0.389 e. The van der Waals surface area contributed by atoms with E-state index in [0.29, 0.717) is 0 Å². The van der Waals surface area contributed by atoms with Gasteiger partial charge in [0.05, 0.1) is 11.7 Å². The van der Waals surface area contributed by atoms with Crippen LogP contribution in [0.3, 0.4) is 0 Å². The Bertz CT molecular complexity index is 400. The molecule has 21 heavy (non-hydrogen) atoms. The van der Waals surface area contributed by atoms with Crippen LogP contribution in [0.15, 0.2) is 29.2 Å². The normalized spacial score (nSPS) is 13.4. The Balaban J connectivity index is 2.67. The lowest BCUT2D eigenvalue weighted by atomic mass is 9.95. The third kappa shape index (κ3) is 6.41. The van der Waals surface area contributed by atoms with E-state index >= 15 is 0 Å². The highest BCUT2D eigenvalue weighted by molar-refractivity contribution is 7.99. The number of aliphatic hydroxyl groups is 2. The molecule has 0 saturated carbocycles. The third-order valence-electron chi connectivity index (χ3n) is 3.74. The Labute approximate surface area is 134 Å². The van der Waals surface area contributed by atoms with Gasteiger partial charge in [-0.15, -0.1) is 11.8 Å². The molecule has 0 fully saturated rings. The van der Waals surface area contributed by atoms with E-state index in [0.717, 1.165) is 54.7 Å². The average molecular weight is 311 g/mol. The smallest absolute Gasteiger partial charge is 0.0790 e. The molecule has 2 nitrogen and oxygen atoms in total. The molecule has 0 spiro atoms. The highest BCUT2D eigenvalue weighted by Crippen LogP contribution is 2.30. The molecule has 1 rings (SSSR count). The third-order valence-corrected chi connectivity index (χ3v) is 5.01. The fourth-order valence-corrected chi connectivity index (χ4v) is 3.79. The summed E-state index contributed by atoms with van der Waals surface area (Å²) in [5.74, 6) is 0.724. The first kappa shape index (κ1) is 18.5. The maximum atomic E-state index is 10.7. The van der Waals surface area contributed by atoms with E-state index in [4.69, 9.17) is 0 Å². The van der Waals surface area contributed by atoms with E-state index in [1.165, 1.54) is 0 Å². The number of rotatable bonds is 10. The lowest BCUT2D eigenvalue weighted by Crippen LogP contribution is -2.31. The van der Waals surface area contributed by atoms with Crippen molar-refractivity contribution < 1.29 is 10.2 Å². The number of hydrogen-bond donors (Lipinski definition) is 2. The second-order valence-electron chi connectivity index (χ2n) is 5.89. The molecule has 0 heterocycles. The summed E-state index contributed by atoms with van der Waals surface area (Å²) in [6.45, 7) is 6.32. The monoisotopic (exact) mass is 310 g/mol. The predicted molar refractivity (Wildman–Crippen MR) is 91.8 cm³/mol. The van der Waals surface area contributed by atoms with E-state index in [1.807, 2.05) is 12.1 Å². The van der Waals surface area contributed by atoms with Crippen LogP contribution in [0, 0.1) is 0 Å². The van der Waals surface area contributed by atoms with Gasteiger partial charge < -0.3 is 10.2 Å². The van der Waals surface area contributed by atoms with Crippen LogP contribution in [0.5, 0.6) is 0 Å². The summed E-state index contributed by atoms with van der Waals surface area (Å²) in [4.78, 5) is 1.13. The first-order valence-corrected chi connectivity index (χ1v) is 9.16. The first-order valence-electron chi connectivity index (χ1n) is 8.17. The van der Waals surface area contributed by atoms with Crippen molar-refractivity contribution in [3.63, 3.8) is 0 Å². The fraction of sp³-hybridized carbons (Fsp3) is 0.667. The van der Waals surface area contributed by atoms with Gasteiger partial charge in [-0.25, -0.2) is 0 Å². The minimum absolute atomic E-state index is 0.374. The van der Waals surface area contributed by atoms with Crippen molar-refractivity contribution in [1.82, 2.24) is 0 Å². The Morgan fingerprint density at radius 2 is 1.76 bits per heavy atom. The van der Waals surface area contributed by atoms with Gasteiger partial charge in [0.15, 0.2) is 0 Å². The van der Waals surface area contributed by atoms with Crippen molar-refractivity contribution in [3.8, 4) is 0 Å². The number of hydrogen-bond acceptors (Lipinski definition) is 3. The van der Waals surface area contributed by atoms with Crippen molar-refractivity contribution in [1.29, 1.82) is 0 Å². The molecule has 1 atom stereocenters. The molecular weight excluding hydrogens is 280 g/mol. The van der Waals surface area contributed by atoms with E-state index in [9.17, 15) is 10.2 Å². The lowest BCUT2D eigenvalue weighted by Gasteiger charge is -2.27. The average Bonchev–Trinajstić information content (AvgIpc) is 2.46. The maximum absolute atomic E-state index is 10.7. The maximum Gasteiger partial charge on any atom is 0.0790 e. The van der Waals surface area contributed by atoms with Crippen molar-refractivity contribution in [3.05, 3.63) is 29.8 Å². The Kier molecular flexibility index (Phi) is 8.38. The second-order valence-corrected chi connectivity index (χ2v) is 6.94. The van der Waals surface area contributed by atoms with Gasteiger partial charge in [-0.1, -0.05) is 52.2 Å². The van der Waals surface area contributed by atoms with Crippen molar-refractivity contribution in [2.75, 3.05) is 5.75 Å². The largest absolute Gasteiger partial charge is 0.389 e. The van der Waals surface area contributed by atoms with Gasteiger partial charge in [-0.05, 0) is 37.0 Å². The summed E-state index contributed by atoms with van der Waals surface area (Å²) in [6, 6.07) is 8.10. The van der Waals surface area contributed by atoms with Gasteiger partial charge in [0.2, 0.25) is 0 Å². The molecule has 0 aliphatic carbocycles. The van der Waals surface area contributed by atoms with Crippen LogP contribution >= 0.6 is 11.8 Å². The summed E-state index contributed by atoms with van der Waals surface area (Å²) in [5, 5.41) is 20.7. The standard InChI is InChI=1S/C18H30O2S/c1-4-8-17(19)15-9-7-10-16(13-15)21-14-18(20,11-5-2)12-6-3/h7,9-10,13,17,19-20H,4-6,8,11-12,14H2,1-3H3. The molecule has 0 radical (unpaired) electrons. The van der Waals surface area contributed by atoms with Crippen molar-refractivity contribution in [2.24, 2.45) is 0 Å². The Morgan fingerprint density at radius 3 is 2.33 bits per heavy atom. The molecule has 1 aromatic rings. The Hall–Kier alpha value is -0.510. The summed E-state index contributed by atoms with van der Waals surface area (Å²) < 4.78 is 0. The highest BCUT2D eigenvalue weighted by atomic mass is 32.2. The number of aliphatic hydroxyl groups excluding tert-OH is 1. The molecule has 0 aromatic heterocycles. The molecule has 0 amide bonds. The summed E-state index contributed by atoms with van der Waals surface area (Å²) >= 11 is 1.70. The van der Waals surface area contributed by atoms with Crippen LogP contribution in [0.4, 0.5) is 0 Å². The molecule has 2 N–H and O–H groups in total. The van der Waals surface area contributed by atoms with Gasteiger partial charge in [0.1, 0.15) is 0 Å². The second kappa shape index (κ2) is 9.50.